The van der Waals surface area contributed by atoms with Crippen LogP contribution in [0.15, 0.2) is 47.3 Å². The zero-order valence-electron chi connectivity index (χ0n) is 11.1. The van der Waals surface area contributed by atoms with E-state index in [0.29, 0.717) is 0 Å². The molecule has 1 N–H and O–H groups in total. The van der Waals surface area contributed by atoms with Gasteiger partial charge in [0.15, 0.2) is 0 Å². The van der Waals surface area contributed by atoms with E-state index >= 15 is 0 Å². The molecule has 100 valence electrons. The highest BCUT2D eigenvalue weighted by molar-refractivity contribution is 5.46. The summed E-state index contributed by atoms with van der Waals surface area (Å²) in [5, 5.41) is 3.43. The maximum Gasteiger partial charge on any atom is 0.0952 e. The molecule has 19 heavy (non-hydrogen) atoms. The minimum Gasteiger partial charge on any atom is -0.472 e. The number of benzene rings is 1. The lowest BCUT2D eigenvalue weighted by Crippen LogP contribution is -2.18. The number of anilines is 1. The van der Waals surface area contributed by atoms with Gasteiger partial charge in [-0.2, -0.15) is 0 Å². The topological polar surface area (TPSA) is 28.4 Å². The quantitative estimate of drug-likeness (QED) is 0.887. The van der Waals surface area contributed by atoms with E-state index < -0.39 is 0 Å². The highest BCUT2D eigenvalue weighted by atomic mass is 16.3. The van der Waals surface area contributed by atoms with Crippen LogP contribution in [0.25, 0.3) is 0 Å². The van der Waals surface area contributed by atoms with E-state index in [9.17, 15) is 0 Å². The average Bonchev–Trinajstić information content (AvgIpc) is 3.10. The molecule has 0 unspecified atom stereocenters. The van der Waals surface area contributed by atoms with Crippen LogP contribution in [0.5, 0.6) is 0 Å². The average molecular weight is 256 g/mol. The van der Waals surface area contributed by atoms with E-state index in [4.69, 9.17) is 4.42 Å². The molecular formula is C16H20N2O. The molecule has 0 bridgehead atoms. The zero-order chi connectivity index (χ0) is 12.9. The third-order valence-electron chi connectivity index (χ3n) is 3.61. The largest absolute Gasteiger partial charge is 0.472 e. The van der Waals surface area contributed by atoms with Gasteiger partial charge in [0, 0.05) is 24.3 Å². The van der Waals surface area contributed by atoms with Crippen LogP contribution in [0, 0.1) is 0 Å². The van der Waals surface area contributed by atoms with Gasteiger partial charge in [-0.15, -0.1) is 0 Å². The van der Waals surface area contributed by atoms with Crippen LogP contribution in [0.2, 0.25) is 0 Å². The summed E-state index contributed by atoms with van der Waals surface area (Å²) in [5.41, 5.74) is 3.74. The zero-order valence-corrected chi connectivity index (χ0v) is 11.1. The fourth-order valence-corrected chi connectivity index (χ4v) is 2.58. The molecule has 0 saturated carbocycles. The summed E-state index contributed by atoms with van der Waals surface area (Å²) in [6.07, 6.45) is 6.18. The van der Waals surface area contributed by atoms with E-state index in [1.165, 1.54) is 42.7 Å². The van der Waals surface area contributed by atoms with Gasteiger partial charge in [-0.1, -0.05) is 12.1 Å². The number of rotatable bonds is 5. The number of hydrogen-bond donors (Lipinski definition) is 1. The SMILES string of the molecule is c1cc(CN2CCCC2)cc(NCc2ccoc2)c1. The second kappa shape index (κ2) is 5.93. The highest BCUT2D eigenvalue weighted by Crippen LogP contribution is 2.16. The summed E-state index contributed by atoms with van der Waals surface area (Å²) >= 11 is 0. The molecule has 1 saturated heterocycles. The first-order chi connectivity index (χ1) is 9.40. The van der Waals surface area contributed by atoms with Crippen molar-refractivity contribution < 1.29 is 4.42 Å². The van der Waals surface area contributed by atoms with Crippen molar-refractivity contribution in [3.8, 4) is 0 Å². The minimum atomic E-state index is 0.809. The predicted molar refractivity (Wildman–Crippen MR) is 77.0 cm³/mol. The van der Waals surface area contributed by atoms with Crippen molar-refractivity contribution in [1.29, 1.82) is 0 Å². The van der Waals surface area contributed by atoms with E-state index in [1.807, 2.05) is 6.07 Å². The first kappa shape index (κ1) is 12.3. The van der Waals surface area contributed by atoms with Crippen LogP contribution in [0.4, 0.5) is 5.69 Å². The first-order valence-corrected chi connectivity index (χ1v) is 6.96. The van der Waals surface area contributed by atoms with Crippen LogP contribution < -0.4 is 5.32 Å². The first-order valence-electron chi connectivity index (χ1n) is 6.96. The number of nitrogens with one attached hydrogen (secondary N) is 1. The molecule has 1 aliphatic rings. The van der Waals surface area contributed by atoms with Gasteiger partial charge in [-0.25, -0.2) is 0 Å². The Hall–Kier alpha value is -1.74. The van der Waals surface area contributed by atoms with Gasteiger partial charge in [0.05, 0.1) is 12.5 Å². The highest BCUT2D eigenvalue weighted by Gasteiger charge is 2.11. The number of hydrogen-bond acceptors (Lipinski definition) is 3. The van der Waals surface area contributed by atoms with Crippen molar-refractivity contribution in [2.45, 2.75) is 25.9 Å². The van der Waals surface area contributed by atoms with E-state index in [0.717, 1.165) is 13.1 Å². The van der Waals surface area contributed by atoms with E-state index in [-0.39, 0.29) is 0 Å². The maximum atomic E-state index is 5.07. The van der Waals surface area contributed by atoms with Gasteiger partial charge in [0.2, 0.25) is 0 Å². The third kappa shape index (κ3) is 3.38. The van der Waals surface area contributed by atoms with Crippen molar-refractivity contribution in [3.05, 3.63) is 54.0 Å². The maximum absolute atomic E-state index is 5.07. The van der Waals surface area contributed by atoms with Crippen molar-refractivity contribution in [2.24, 2.45) is 0 Å². The fourth-order valence-electron chi connectivity index (χ4n) is 2.58. The monoisotopic (exact) mass is 256 g/mol. The van der Waals surface area contributed by atoms with E-state index in [2.05, 4.69) is 34.5 Å². The Morgan fingerprint density at radius 2 is 2.00 bits per heavy atom. The minimum absolute atomic E-state index is 0.809. The summed E-state index contributed by atoms with van der Waals surface area (Å²) in [6, 6.07) is 10.7. The molecule has 0 radical (unpaired) electrons. The van der Waals surface area contributed by atoms with Gasteiger partial charge < -0.3 is 9.73 Å². The van der Waals surface area contributed by atoms with Crippen LogP contribution in [0.1, 0.15) is 24.0 Å². The summed E-state index contributed by atoms with van der Waals surface area (Å²) in [6.45, 7) is 4.37. The molecule has 3 rings (SSSR count). The summed E-state index contributed by atoms with van der Waals surface area (Å²) in [4.78, 5) is 2.52. The molecule has 3 heteroatoms. The lowest BCUT2D eigenvalue weighted by Gasteiger charge is -2.15. The second-order valence-corrected chi connectivity index (χ2v) is 5.17. The van der Waals surface area contributed by atoms with Crippen molar-refractivity contribution in [2.75, 3.05) is 18.4 Å². The summed E-state index contributed by atoms with van der Waals surface area (Å²) < 4.78 is 5.07. The van der Waals surface area contributed by atoms with Gasteiger partial charge in [-0.3, -0.25) is 4.90 Å². The normalized spacial score (nSPS) is 15.8. The Bertz CT molecular complexity index is 501. The third-order valence-corrected chi connectivity index (χ3v) is 3.61. The summed E-state index contributed by atoms with van der Waals surface area (Å²) in [5.74, 6) is 0. The smallest absolute Gasteiger partial charge is 0.0952 e. The molecule has 1 aliphatic heterocycles. The Balaban J connectivity index is 1.59. The molecule has 0 amide bonds. The lowest BCUT2D eigenvalue weighted by atomic mass is 10.2. The number of furan rings is 1. The molecule has 3 nitrogen and oxygen atoms in total. The molecule has 0 atom stereocenters. The predicted octanol–water partition coefficient (Wildman–Crippen LogP) is 3.49. The Morgan fingerprint density at radius 1 is 1.11 bits per heavy atom. The number of likely N-dealkylation sites (tertiary alicyclic amines) is 1. The Kier molecular flexibility index (Phi) is 3.84. The molecule has 1 fully saturated rings. The van der Waals surface area contributed by atoms with Crippen molar-refractivity contribution in [1.82, 2.24) is 4.90 Å². The van der Waals surface area contributed by atoms with Crippen molar-refractivity contribution >= 4 is 5.69 Å². The van der Waals surface area contributed by atoms with Crippen LogP contribution in [-0.4, -0.2) is 18.0 Å². The Morgan fingerprint density at radius 3 is 2.79 bits per heavy atom. The summed E-state index contributed by atoms with van der Waals surface area (Å²) in [7, 11) is 0. The van der Waals surface area contributed by atoms with Gasteiger partial charge in [0.1, 0.15) is 0 Å². The van der Waals surface area contributed by atoms with Gasteiger partial charge in [-0.05, 0) is 49.7 Å². The molecular weight excluding hydrogens is 236 g/mol. The van der Waals surface area contributed by atoms with E-state index in [1.54, 1.807) is 12.5 Å². The molecule has 2 aromatic rings. The van der Waals surface area contributed by atoms with Crippen LogP contribution in [-0.2, 0) is 13.1 Å². The van der Waals surface area contributed by atoms with Crippen molar-refractivity contribution in [3.63, 3.8) is 0 Å². The molecule has 1 aromatic heterocycles. The number of nitrogens with zero attached hydrogens (tertiary/aromatic N) is 1. The standard InChI is InChI=1S/C16H20N2O/c1-2-8-18(7-1)12-14-4-3-5-16(10-14)17-11-15-6-9-19-13-15/h3-6,9-10,13,17H,1-2,7-8,11-12H2. The molecule has 0 spiro atoms. The molecule has 1 aromatic carbocycles. The van der Waals surface area contributed by atoms with Gasteiger partial charge >= 0.3 is 0 Å². The van der Waals surface area contributed by atoms with Crippen LogP contribution >= 0.6 is 0 Å². The van der Waals surface area contributed by atoms with Crippen LogP contribution in [0.3, 0.4) is 0 Å². The lowest BCUT2D eigenvalue weighted by molar-refractivity contribution is 0.331. The fraction of sp³-hybridized carbons (Fsp3) is 0.375. The van der Waals surface area contributed by atoms with Gasteiger partial charge in [0.25, 0.3) is 0 Å². The molecule has 2 heterocycles. The molecule has 0 aliphatic carbocycles. The second-order valence-electron chi connectivity index (χ2n) is 5.17. The Labute approximate surface area is 114 Å².